The summed E-state index contributed by atoms with van der Waals surface area (Å²) in [5.41, 5.74) is -2.40. The third-order valence-electron chi connectivity index (χ3n) is 2.79. The lowest BCUT2D eigenvalue weighted by atomic mass is 9.98. The second-order valence-electron chi connectivity index (χ2n) is 7.63. The van der Waals surface area contributed by atoms with Gasteiger partial charge in [0.25, 0.3) is 0 Å². The first-order chi connectivity index (χ1) is 10.6. The van der Waals surface area contributed by atoms with E-state index in [0.717, 1.165) is 6.07 Å². The Balaban J connectivity index is 3.33. The number of ether oxygens (including phenoxy) is 2. The molecule has 1 aromatic rings. The number of halogens is 2. The highest BCUT2D eigenvalue weighted by Crippen LogP contribution is 2.34. The summed E-state index contributed by atoms with van der Waals surface area (Å²) >= 11 is 0. The molecule has 0 aromatic heterocycles. The van der Waals surface area contributed by atoms with Crippen molar-refractivity contribution < 1.29 is 27.8 Å². The van der Waals surface area contributed by atoms with Crippen LogP contribution in [0.4, 0.5) is 8.78 Å². The van der Waals surface area contributed by atoms with E-state index < -0.39 is 34.6 Å². The number of hydrogen-bond donors (Lipinski definition) is 0. The molecule has 0 atom stereocenters. The minimum absolute atomic E-state index is 0.346. The summed E-state index contributed by atoms with van der Waals surface area (Å²) in [5.74, 6) is -6.58. The molecule has 0 aliphatic carbocycles. The fraction of sp³-hybridized carbons (Fsp3) is 0.556. The topological polar surface area (TPSA) is 52.6 Å². The lowest BCUT2D eigenvalue weighted by Crippen LogP contribution is -2.36. The smallest absolute Gasteiger partial charge is 0.382 e. The Labute approximate surface area is 141 Å². The van der Waals surface area contributed by atoms with Crippen molar-refractivity contribution in [3.8, 4) is 0 Å². The van der Waals surface area contributed by atoms with Crippen molar-refractivity contribution in [3.63, 3.8) is 0 Å². The molecule has 0 aliphatic heterocycles. The first kappa shape index (κ1) is 20.1. The molecule has 0 saturated heterocycles. The van der Waals surface area contributed by atoms with Gasteiger partial charge in [0.05, 0.1) is 5.56 Å². The van der Waals surface area contributed by atoms with Gasteiger partial charge >= 0.3 is 17.9 Å². The normalized spacial score (nSPS) is 12.7. The molecule has 0 saturated carbocycles. The van der Waals surface area contributed by atoms with Gasteiger partial charge in [-0.15, -0.1) is 0 Å². The van der Waals surface area contributed by atoms with Crippen molar-refractivity contribution in [2.75, 3.05) is 0 Å². The Hall–Kier alpha value is -1.98. The van der Waals surface area contributed by atoms with Crippen LogP contribution < -0.4 is 0 Å². The van der Waals surface area contributed by atoms with Crippen LogP contribution in [0, 0.1) is 6.92 Å². The van der Waals surface area contributed by atoms with Gasteiger partial charge in [0, 0.05) is 5.56 Å². The third kappa shape index (κ3) is 5.28. The quantitative estimate of drug-likeness (QED) is 0.765. The highest BCUT2D eigenvalue weighted by atomic mass is 19.3. The average molecular weight is 342 g/mol. The molecule has 0 radical (unpaired) electrons. The largest absolute Gasteiger partial charge is 0.456 e. The number of carbonyl (C=O) groups is 2. The first-order valence-electron chi connectivity index (χ1n) is 7.59. The Kier molecular flexibility index (Phi) is 5.43. The van der Waals surface area contributed by atoms with Crippen molar-refractivity contribution >= 4 is 11.9 Å². The second-order valence-corrected chi connectivity index (χ2v) is 7.63. The van der Waals surface area contributed by atoms with Crippen LogP contribution in [0.3, 0.4) is 0 Å². The molecular weight excluding hydrogens is 318 g/mol. The van der Waals surface area contributed by atoms with Gasteiger partial charge in [-0.05, 0) is 54.5 Å². The number of rotatable bonds is 3. The highest BCUT2D eigenvalue weighted by Gasteiger charge is 2.47. The lowest BCUT2D eigenvalue weighted by molar-refractivity contribution is -0.185. The Morgan fingerprint density at radius 1 is 0.917 bits per heavy atom. The Morgan fingerprint density at radius 2 is 1.42 bits per heavy atom. The molecule has 24 heavy (non-hydrogen) atoms. The zero-order valence-electron chi connectivity index (χ0n) is 15.1. The fourth-order valence-electron chi connectivity index (χ4n) is 1.89. The molecule has 0 amide bonds. The monoisotopic (exact) mass is 342 g/mol. The fourth-order valence-corrected chi connectivity index (χ4v) is 1.89. The van der Waals surface area contributed by atoms with Crippen LogP contribution >= 0.6 is 0 Å². The van der Waals surface area contributed by atoms with Crippen LogP contribution in [-0.4, -0.2) is 23.1 Å². The average Bonchev–Trinajstić information content (AvgIpc) is 2.34. The number of esters is 2. The summed E-state index contributed by atoms with van der Waals surface area (Å²) in [4.78, 5) is 24.2. The van der Waals surface area contributed by atoms with Crippen molar-refractivity contribution in [1.82, 2.24) is 0 Å². The minimum Gasteiger partial charge on any atom is -0.456 e. The number of carbonyl (C=O) groups excluding carboxylic acids is 2. The van der Waals surface area contributed by atoms with Gasteiger partial charge in [-0.1, -0.05) is 17.7 Å². The zero-order valence-corrected chi connectivity index (χ0v) is 15.1. The van der Waals surface area contributed by atoms with Gasteiger partial charge in [0.15, 0.2) is 0 Å². The van der Waals surface area contributed by atoms with Crippen LogP contribution in [0.1, 0.15) is 63.0 Å². The predicted molar refractivity (Wildman–Crippen MR) is 86.1 cm³/mol. The molecule has 0 bridgehead atoms. The van der Waals surface area contributed by atoms with Gasteiger partial charge in [-0.25, -0.2) is 9.59 Å². The summed E-state index contributed by atoms with van der Waals surface area (Å²) in [6.45, 7) is 11.0. The summed E-state index contributed by atoms with van der Waals surface area (Å²) in [5, 5.41) is 0. The number of alkyl halides is 2. The Morgan fingerprint density at radius 3 is 1.88 bits per heavy atom. The van der Waals surface area contributed by atoms with Crippen molar-refractivity contribution in [3.05, 3.63) is 34.9 Å². The molecule has 0 fully saturated rings. The molecule has 134 valence electrons. The molecule has 0 heterocycles. The van der Waals surface area contributed by atoms with E-state index in [0.29, 0.717) is 5.56 Å². The van der Waals surface area contributed by atoms with E-state index in [1.807, 2.05) is 0 Å². The Bertz CT molecular complexity index is 637. The van der Waals surface area contributed by atoms with Crippen molar-refractivity contribution in [2.45, 2.75) is 65.6 Å². The maximum Gasteiger partial charge on any atom is 0.382 e. The van der Waals surface area contributed by atoms with E-state index in [9.17, 15) is 18.4 Å². The third-order valence-corrected chi connectivity index (χ3v) is 2.79. The molecule has 6 heteroatoms. The molecule has 0 spiro atoms. The predicted octanol–water partition coefficient (Wildman–Crippen LogP) is 4.38. The molecule has 1 aromatic carbocycles. The van der Waals surface area contributed by atoms with Crippen LogP contribution in [0.15, 0.2) is 18.2 Å². The molecule has 4 nitrogen and oxygen atoms in total. The van der Waals surface area contributed by atoms with Crippen LogP contribution in [0.25, 0.3) is 0 Å². The van der Waals surface area contributed by atoms with Crippen LogP contribution in [0.5, 0.6) is 0 Å². The number of aryl methyl sites for hydroxylation is 1. The second kappa shape index (κ2) is 6.49. The van der Waals surface area contributed by atoms with Crippen LogP contribution in [-0.2, 0) is 20.2 Å². The maximum absolute atomic E-state index is 14.6. The summed E-state index contributed by atoms with van der Waals surface area (Å²) in [7, 11) is 0. The van der Waals surface area contributed by atoms with Gasteiger partial charge < -0.3 is 9.47 Å². The van der Waals surface area contributed by atoms with E-state index in [2.05, 4.69) is 0 Å². The molecule has 1 rings (SSSR count). The molecule has 0 unspecified atom stereocenters. The van der Waals surface area contributed by atoms with Crippen molar-refractivity contribution in [1.29, 1.82) is 0 Å². The highest BCUT2D eigenvalue weighted by molar-refractivity contribution is 5.94. The standard InChI is InChI=1S/C18H24F2O4/c1-11-8-9-13(12(10-11)14(21)23-16(2,3)4)18(19,20)15(22)24-17(5,6)7/h8-10H,1-7H3. The van der Waals surface area contributed by atoms with E-state index in [4.69, 9.17) is 9.47 Å². The van der Waals surface area contributed by atoms with Crippen molar-refractivity contribution in [2.24, 2.45) is 0 Å². The lowest BCUT2D eigenvalue weighted by Gasteiger charge is -2.26. The number of benzene rings is 1. The SMILES string of the molecule is Cc1ccc(C(F)(F)C(=O)OC(C)(C)C)c(C(=O)OC(C)(C)C)c1. The summed E-state index contributed by atoms with van der Waals surface area (Å²) in [6, 6.07) is 3.74. The van der Waals surface area contributed by atoms with E-state index >= 15 is 0 Å². The zero-order chi connectivity index (χ0) is 18.9. The van der Waals surface area contributed by atoms with Gasteiger partial charge in [-0.2, -0.15) is 8.78 Å². The van der Waals surface area contributed by atoms with Gasteiger partial charge in [0.2, 0.25) is 0 Å². The summed E-state index contributed by atoms with van der Waals surface area (Å²) < 4.78 is 39.1. The minimum atomic E-state index is -3.97. The molecule has 0 aliphatic rings. The van der Waals surface area contributed by atoms with E-state index in [1.54, 1.807) is 27.7 Å². The van der Waals surface area contributed by atoms with Crippen LogP contribution in [0.2, 0.25) is 0 Å². The molecular formula is C18H24F2O4. The summed E-state index contributed by atoms with van der Waals surface area (Å²) in [6.07, 6.45) is 0. The van der Waals surface area contributed by atoms with Gasteiger partial charge in [-0.3, -0.25) is 0 Å². The van der Waals surface area contributed by atoms with E-state index in [-0.39, 0.29) is 5.56 Å². The molecule has 0 N–H and O–H groups in total. The van der Waals surface area contributed by atoms with E-state index in [1.165, 1.54) is 32.9 Å². The maximum atomic E-state index is 14.6. The number of hydrogen-bond acceptors (Lipinski definition) is 4. The van der Waals surface area contributed by atoms with Gasteiger partial charge in [0.1, 0.15) is 11.2 Å². The first-order valence-corrected chi connectivity index (χ1v) is 7.59.